The molecule has 1 aromatic heterocycles. The van der Waals surface area contributed by atoms with Gasteiger partial charge in [0, 0.05) is 37.1 Å². The molecule has 0 aliphatic carbocycles. The summed E-state index contributed by atoms with van der Waals surface area (Å²) in [5.74, 6) is 0.615. The van der Waals surface area contributed by atoms with Crippen LogP contribution in [0.1, 0.15) is 30.7 Å². The minimum absolute atomic E-state index is 0.154. The van der Waals surface area contributed by atoms with E-state index < -0.39 is 0 Å². The van der Waals surface area contributed by atoms with Gasteiger partial charge in [0.1, 0.15) is 6.33 Å². The molecule has 26 heavy (non-hydrogen) atoms. The van der Waals surface area contributed by atoms with Crippen molar-refractivity contribution in [2.45, 2.75) is 36.8 Å². The number of benzene rings is 1. The van der Waals surface area contributed by atoms with Crippen molar-refractivity contribution in [3.05, 3.63) is 48.5 Å². The van der Waals surface area contributed by atoms with Gasteiger partial charge in [0.2, 0.25) is 0 Å². The first-order valence-electron chi connectivity index (χ1n) is 9.76. The number of likely N-dealkylation sites (tertiary alicyclic amines) is 1. The molecular formula is C21H26N4O. The van der Waals surface area contributed by atoms with Gasteiger partial charge in [0.15, 0.2) is 0 Å². The minimum atomic E-state index is 0.154. The van der Waals surface area contributed by atoms with Crippen LogP contribution in [0.5, 0.6) is 0 Å². The largest absolute Gasteiger partial charge is 0.371 e. The molecule has 3 aliphatic heterocycles. The maximum absolute atomic E-state index is 6.11. The summed E-state index contributed by atoms with van der Waals surface area (Å²) in [6.45, 7) is 5.31. The first-order chi connectivity index (χ1) is 12.8. The van der Waals surface area contributed by atoms with Gasteiger partial charge in [0.05, 0.1) is 12.2 Å². The zero-order valence-electron chi connectivity index (χ0n) is 15.1. The molecule has 2 aromatic rings. The molecule has 4 heterocycles. The molecule has 3 fully saturated rings. The summed E-state index contributed by atoms with van der Waals surface area (Å²) < 4.78 is 6.11. The first-order valence-corrected chi connectivity index (χ1v) is 9.76. The van der Waals surface area contributed by atoms with E-state index in [0.29, 0.717) is 12.0 Å². The molecule has 5 nitrogen and oxygen atoms in total. The average Bonchev–Trinajstić information content (AvgIpc) is 3.15. The van der Waals surface area contributed by atoms with Crippen molar-refractivity contribution in [1.82, 2.24) is 20.2 Å². The molecule has 0 radical (unpaired) electrons. The number of hydrogen-bond acceptors (Lipinski definition) is 5. The van der Waals surface area contributed by atoms with E-state index in [1.54, 1.807) is 6.33 Å². The summed E-state index contributed by atoms with van der Waals surface area (Å²) in [6.07, 6.45) is 9.06. The molecule has 1 atom stereocenters. The van der Waals surface area contributed by atoms with Crippen molar-refractivity contribution < 1.29 is 4.74 Å². The number of ether oxygens (including phenoxy) is 1. The van der Waals surface area contributed by atoms with Crippen molar-refractivity contribution in [3.63, 3.8) is 0 Å². The number of nitrogens with one attached hydrogen (secondary N) is 1. The molecule has 3 aliphatic rings. The second-order valence-electron chi connectivity index (χ2n) is 7.98. The van der Waals surface area contributed by atoms with Gasteiger partial charge in [-0.05, 0) is 49.4 Å². The third-order valence-corrected chi connectivity index (χ3v) is 6.40. The highest BCUT2D eigenvalue weighted by Gasteiger charge is 2.47. The molecule has 1 unspecified atom stereocenters. The lowest BCUT2D eigenvalue weighted by Gasteiger charge is -2.40. The Morgan fingerprint density at radius 1 is 1.08 bits per heavy atom. The summed E-state index contributed by atoms with van der Waals surface area (Å²) in [5.41, 5.74) is 4.01. The van der Waals surface area contributed by atoms with Crippen molar-refractivity contribution in [2.75, 3.05) is 32.8 Å². The van der Waals surface area contributed by atoms with E-state index in [9.17, 15) is 0 Å². The van der Waals surface area contributed by atoms with Gasteiger partial charge in [0.25, 0.3) is 0 Å². The molecule has 5 heteroatoms. The monoisotopic (exact) mass is 350 g/mol. The Morgan fingerprint density at radius 2 is 1.85 bits per heavy atom. The van der Waals surface area contributed by atoms with Crippen LogP contribution >= 0.6 is 0 Å². The van der Waals surface area contributed by atoms with E-state index in [4.69, 9.17) is 4.74 Å². The summed E-state index contributed by atoms with van der Waals surface area (Å²) in [4.78, 5) is 11.1. The Balaban J connectivity index is 1.28. The predicted octanol–water partition coefficient (Wildman–Crippen LogP) is 2.45. The minimum Gasteiger partial charge on any atom is -0.371 e. The topological polar surface area (TPSA) is 50.3 Å². The molecule has 5 rings (SSSR count). The highest BCUT2D eigenvalue weighted by molar-refractivity contribution is 5.66. The SMILES string of the molecule is c1ccc(C2CCN(C3COC4(CNC4)C3)CC2)c(-c2cncnc2)c1. The first kappa shape index (κ1) is 16.4. The maximum atomic E-state index is 6.11. The fraction of sp³-hybridized carbons (Fsp3) is 0.524. The second kappa shape index (κ2) is 6.72. The normalized spacial score (nSPS) is 26.1. The van der Waals surface area contributed by atoms with Gasteiger partial charge >= 0.3 is 0 Å². The van der Waals surface area contributed by atoms with Crippen LogP contribution in [0.15, 0.2) is 43.0 Å². The van der Waals surface area contributed by atoms with Gasteiger partial charge in [-0.15, -0.1) is 0 Å². The Labute approximate surface area is 154 Å². The van der Waals surface area contributed by atoms with Crippen molar-refractivity contribution in [2.24, 2.45) is 0 Å². The lowest BCUT2D eigenvalue weighted by Crippen LogP contribution is -2.59. The van der Waals surface area contributed by atoms with E-state index in [-0.39, 0.29) is 5.60 Å². The van der Waals surface area contributed by atoms with Crippen LogP contribution in [0.2, 0.25) is 0 Å². The van der Waals surface area contributed by atoms with E-state index in [1.165, 1.54) is 43.5 Å². The van der Waals surface area contributed by atoms with Crippen molar-refractivity contribution in [3.8, 4) is 11.1 Å². The van der Waals surface area contributed by atoms with Gasteiger partial charge in [-0.2, -0.15) is 0 Å². The lowest BCUT2D eigenvalue weighted by molar-refractivity contribution is -0.0367. The summed E-state index contributed by atoms with van der Waals surface area (Å²) in [7, 11) is 0. The highest BCUT2D eigenvalue weighted by Crippen LogP contribution is 2.38. The number of piperidine rings is 1. The van der Waals surface area contributed by atoms with Crippen molar-refractivity contribution >= 4 is 0 Å². The Bertz CT molecular complexity index is 754. The Kier molecular flexibility index (Phi) is 4.23. The van der Waals surface area contributed by atoms with Crippen LogP contribution < -0.4 is 5.32 Å². The standard InChI is InChI=1S/C21H26N4O/c1-2-4-20(17-10-22-15-23-11-17)19(3-1)16-5-7-25(8-6-16)18-9-21(26-12-18)13-24-14-21/h1-4,10-11,15-16,18,24H,5-9,12-14H2. The molecule has 1 aromatic carbocycles. The van der Waals surface area contributed by atoms with Crippen LogP contribution in [-0.2, 0) is 4.74 Å². The molecule has 1 spiro atoms. The van der Waals surface area contributed by atoms with Gasteiger partial charge < -0.3 is 10.1 Å². The highest BCUT2D eigenvalue weighted by atomic mass is 16.5. The van der Waals surface area contributed by atoms with E-state index in [0.717, 1.165) is 25.3 Å². The number of rotatable bonds is 3. The number of hydrogen-bond donors (Lipinski definition) is 1. The van der Waals surface area contributed by atoms with Crippen LogP contribution in [0.3, 0.4) is 0 Å². The Hall–Kier alpha value is -1.82. The van der Waals surface area contributed by atoms with E-state index in [1.807, 2.05) is 12.4 Å². The zero-order chi connectivity index (χ0) is 17.4. The molecule has 0 bridgehead atoms. The third kappa shape index (κ3) is 2.94. The molecule has 1 N–H and O–H groups in total. The second-order valence-corrected chi connectivity index (χ2v) is 7.98. The smallest absolute Gasteiger partial charge is 0.115 e. The lowest BCUT2D eigenvalue weighted by atomic mass is 9.84. The Morgan fingerprint density at radius 3 is 2.54 bits per heavy atom. The van der Waals surface area contributed by atoms with Gasteiger partial charge in [-0.1, -0.05) is 24.3 Å². The quantitative estimate of drug-likeness (QED) is 0.921. The van der Waals surface area contributed by atoms with Crippen LogP contribution in [0.25, 0.3) is 11.1 Å². The summed E-state index contributed by atoms with van der Waals surface area (Å²) >= 11 is 0. The number of aromatic nitrogens is 2. The molecular weight excluding hydrogens is 324 g/mol. The molecule has 0 amide bonds. The van der Waals surface area contributed by atoms with Crippen LogP contribution in [0, 0.1) is 0 Å². The summed E-state index contributed by atoms with van der Waals surface area (Å²) in [5, 5.41) is 3.36. The maximum Gasteiger partial charge on any atom is 0.115 e. The van der Waals surface area contributed by atoms with Crippen LogP contribution in [-0.4, -0.2) is 59.3 Å². The predicted molar refractivity (Wildman–Crippen MR) is 101 cm³/mol. The molecule has 136 valence electrons. The van der Waals surface area contributed by atoms with Gasteiger partial charge in [-0.3, -0.25) is 4.90 Å². The molecule has 3 saturated heterocycles. The number of nitrogens with zero attached hydrogens (tertiary/aromatic N) is 3. The van der Waals surface area contributed by atoms with E-state index in [2.05, 4.69) is 44.5 Å². The van der Waals surface area contributed by atoms with E-state index >= 15 is 0 Å². The molecule has 0 saturated carbocycles. The van der Waals surface area contributed by atoms with Crippen molar-refractivity contribution in [1.29, 1.82) is 0 Å². The average molecular weight is 350 g/mol. The fourth-order valence-electron chi connectivity index (χ4n) is 4.83. The third-order valence-electron chi connectivity index (χ3n) is 6.40. The fourth-order valence-corrected chi connectivity index (χ4v) is 4.83. The zero-order valence-corrected chi connectivity index (χ0v) is 15.1. The summed E-state index contributed by atoms with van der Waals surface area (Å²) in [6, 6.07) is 9.38. The van der Waals surface area contributed by atoms with Gasteiger partial charge in [-0.25, -0.2) is 9.97 Å². The van der Waals surface area contributed by atoms with Crippen LogP contribution in [0.4, 0.5) is 0 Å².